The Morgan fingerprint density at radius 1 is 1.00 bits per heavy atom. The van der Waals surface area contributed by atoms with Crippen LogP contribution in [0, 0.1) is 13.8 Å². The average molecular weight is 345 g/mol. The highest BCUT2D eigenvalue weighted by Crippen LogP contribution is 2.29. The number of rotatable bonds is 3. The molecule has 0 bridgehead atoms. The van der Waals surface area contributed by atoms with Crippen LogP contribution in [0.2, 0.25) is 10.0 Å². The van der Waals surface area contributed by atoms with Gasteiger partial charge in [-0.3, -0.25) is 4.79 Å². The molecule has 0 unspecified atom stereocenters. The monoisotopic (exact) mass is 344 g/mol. The average Bonchev–Trinajstić information content (AvgIpc) is 2.93. The van der Waals surface area contributed by atoms with Crippen molar-refractivity contribution in [1.29, 1.82) is 0 Å². The van der Waals surface area contributed by atoms with Gasteiger partial charge in [0.15, 0.2) is 6.29 Å². The number of aryl methyl sites for hydroxylation is 2. The van der Waals surface area contributed by atoms with Gasteiger partial charge in [-0.05, 0) is 49.2 Å². The number of benzene rings is 2. The lowest BCUT2D eigenvalue weighted by Crippen LogP contribution is -1.96. The van der Waals surface area contributed by atoms with Crippen LogP contribution in [0.25, 0.3) is 16.9 Å². The molecule has 0 amide bonds. The highest BCUT2D eigenvalue weighted by molar-refractivity contribution is 6.42. The second-order valence-electron chi connectivity index (χ2n) is 5.47. The number of hydrogen-bond acceptors (Lipinski definition) is 2. The van der Waals surface area contributed by atoms with Crippen molar-refractivity contribution in [3.8, 4) is 16.9 Å². The minimum atomic E-state index is 0.432. The SMILES string of the molecule is Cc1cc(C)cc(-n2cc(C=O)c(-c3ccc(Cl)c(Cl)c3)n2)c1. The number of carbonyl (C=O) groups excluding carboxylic acids is 1. The van der Waals surface area contributed by atoms with E-state index in [0.717, 1.165) is 28.7 Å². The lowest BCUT2D eigenvalue weighted by Gasteiger charge is -2.05. The first-order valence-corrected chi connectivity index (χ1v) is 7.82. The summed E-state index contributed by atoms with van der Waals surface area (Å²) in [6.07, 6.45) is 2.52. The summed E-state index contributed by atoms with van der Waals surface area (Å²) < 4.78 is 1.71. The molecular weight excluding hydrogens is 331 g/mol. The number of hydrogen-bond donors (Lipinski definition) is 0. The van der Waals surface area contributed by atoms with E-state index >= 15 is 0 Å². The molecule has 0 saturated carbocycles. The molecule has 0 spiro atoms. The van der Waals surface area contributed by atoms with Crippen molar-refractivity contribution >= 4 is 29.5 Å². The molecule has 0 aliphatic heterocycles. The molecule has 5 heteroatoms. The quantitative estimate of drug-likeness (QED) is 0.606. The molecule has 23 heavy (non-hydrogen) atoms. The summed E-state index contributed by atoms with van der Waals surface area (Å²) in [5.74, 6) is 0. The van der Waals surface area contributed by atoms with Crippen molar-refractivity contribution in [2.75, 3.05) is 0 Å². The lowest BCUT2D eigenvalue weighted by atomic mass is 10.1. The van der Waals surface area contributed by atoms with Crippen LogP contribution in [-0.2, 0) is 0 Å². The molecule has 0 radical (unpaired) electrons. The van der Waals surface area contributed by atoms with E-state index in [-0.39, 0.29) is 0 Å². The minimum Gasteiger partial charge on any atom is -0.298 e. The largest absolute Gasteiger partial charge is 0.298 e. The number of aromatic nitrogens is 2. The van der Waals surface area contributed by atoms with Gasteiger partial charge >= 0.3 is 0 Å². The van der Waals surface area contributed by atoms with Crippen molar-refractivity contribution in [3.63, 3.8) is 0 Å². The molecule has 0 atom stereocenters. The zero-order valence-electron chi connectivity index (χ0n) is 12.7. The van der Waals surface area contributed by atoms with Gasteiger partial charge in [0.2, 0.25) is 0 Å². The smallest absolute Gasteiger partial charge is 0.153 e. The molecular formula is C18H14Cl2N2O. The van der Waals surface area contributed by atoms with Gasteiger partial charge in [-0.1, -0.05) is 35.3 Å². The molecule has 1 heterocycles. The van der Waals surface area contributed by atoms with Crippen LogP contribution >= 0.6 is 23.2 Å². The van der Waals surface area contributed by atoms with Crippen molar-refractivity contribution < 1.29 is 4.79 Å². The third-order valence-corrected chi connectivity index (χ3v) is 4.27. The zero-order valence-corrected chi connectivity index (χ0v) is 14.2. The Morgan fingerprint density at radius 2 is 1.70 bits per heavy atom. The standard InChI is InChI=1S/C18H14Cl2N2O/c1-11-5-12(2)7-15(6-11)22-9-14(10-23)18(21-22)13-3-4-16(19)17(20)8-13/h3-10H,1-2H3. The number of halogens is 2. The van der Waals surface area contributed by atoms with Crippen LogP contribution in [0.1, 0.15) is 21.5 Å². The summed E-state index contributed by atoms with van der Waals surface area (Å²) in [5, 5.41) is 5.46. The molecule has 0 fully saturated rings. The Kier molecular flexibility index (Phi) is 4.24. The maximum Gasteiger partial charge on any atom is 0.153 e. The van der Waals surface area contributed by atoms with E-state index in [1.165, 1.54) is 0 Å². The molecule has 3 nitrogen and oxygen atoms in total. The fraction of sp³-hybridized carbons (Fsp3) is 0.111. The molecule has 0 saturated heterocycles. The van der Waals surface area contributed by atoms with Crippen LogP contribution in [-0.4, -0.2) is 16.1 Å². The Bertz CT molecular complexity index is 880. The molecule has 116 valence electrons. The van der Waals surface area contributed by atoms with E-state index < -0.39 is 0 Å². The van der Waals surface area contributed by atoms with Crippen molar-refractivity contribution in [2.45, 2.75) is 13.8 Å². The summed E-state index contributed by atoms with van der Waals surface area (Å²) in [5.41, 5.74) is 5.03. The second-order valence-corrected chi connectivity index (χ2v) is 6.28. The van der Waals surface area contributed by atoms with Crippen molar-refractivity contribution in [3.05, 3.63) is 69.3 Å². The van der Waals surface area contributed by atoms with E-state index in [0.29, 0.717) is 21.3 Å². The van der Waals surface area contributed by atoms with Crippen LogP contribution in [0.15, 0.2) is 42.6 Å². The Hall–Kier alpha value is -2.10. The number of nitrogens with zero attached hydrogens (tertiary/aromatic N) is 2. The highest BCUT2D eigenvalue weighted by Gasteiger charge is 2.13. The van der Waals surface area contributed by atoms with Crippen LogP contribution in [0.5, 0.6) is 0 Å². The van der Waals surface area contributed by atoms with Gasteiger partial charge in [0.05, 0.1) is 21.3 Å². The summed E-state index contributed by atoms with van der Waals surface area (Å²) in [4.78, 5) is 11.4. The fourth-order valence-electron chi connectivity index (χ4n) is 2.56. The highest BCUT2D eigenvalue weighted by atomic mass is 35.5. The van der Waals surface area contributed by atoms with Crippen LogP contribution in [0.3, 0.4) is 0 Å². The van der Waals surface area contributed by atoms with E-state index in [2.05, 4.69) is 11.2 Å². The van der Waals surface area contributed by atoms with Crippen molar-refractivity contribution in [1.82, 2.24) is 9.78 Å². The maximum absolute atomic E-state index is 11.4. The van der Waals surface area contributed by atoms with E-state index in [4.69, 9.17) is 23.2 Å². The molecule has 3 rings (SSSR count). The first-order chi connectivity index (χ1) is 11.0. The third-order valence-electron chi connectivity index (χ3n) is 3.53. The summed E-state index contributed by atoms with van der Waals surface area (Å²) >= 11 is 12.0. The van der Waals surface area contributed by atoms with Crippen molar-refractivity contribution in [2.24, 2.45) is 0 Å². The first-order valence-electron chi connectivity index (χ1n) is 7.07. The molecule has 0 aliphatic carbocycles. The van der Waals surface area contributed by atoms with Crippen LogP contribution < -0.4 is 0 Å². The van der Waals surface area contributed by atoms with E-state index in [1.54, 1.807) is 29.1 Å². The molecule has 3 aromatic rings. The third kappa shape index (κ3) is 3.16. The number of carbonyl (C=O) groups is 1. The van der Waals surface area contributed by atoms with Gasteiger partial charge in [-0.25, -0.2) is 4.68 Å². The predicted octanol–water partition coefficient (Wildman–Crippen LogP) is 5.28. The second kappa shape index (κ2) is 6.19. The minimum absolute atomic E-state index is 0.432. The van der Waals surface area contributed by atoms with E-state index in [1.807, 2.05) is 26.0 Å². The van der Waals surface area contributed by atoms with Gasteiger partial charge in [-0.2, -0.15) is 5.10 Å². The van der Waals surface area contributed by atoms with Gasteiger partial charge < -0.3 is 0 Å². The summed E-state index contributed by atoms with van der Waals surface area (Å²) in [7, 11) is 0. The van der Waals surface area contributed by atoms with Gasteiger partial charge in [-0.15, -0.1) is 0 Å². The summed E-state index contributed by atoms with van der Waals surface area (Å²) in [6, 6.07) is 11.3. The first kappa shape index (κ1) is 15.8. The predicted molar refractivity (Wildman–Crippen MR) is 93.9 cm³/mol. The maximum atomic E-state index is 11.4. The Morgan fingerprint density at radius 3 is 2.30 bits per heavy atom. The lowest BCUT2D eigenvalue weighted by molar-refractivity contribution is 0.112. The summed E-state index contributed by atoms with van der Waals surface area (Å²) in [6.45, 7) is 4.06. The molecule has 1 aromatic heterocycles. The van der Waals surface area contributed by atoms with Crippen LogP contribution in [0.4, 0.5) is 0 Å². The van der Waals surface area contributed by atoms with Gasteiger partial charge in [0.1, 0.15) is 5.69 Å². The zero-order chi connectivity index (χ0) is 16.6. The van der Waals surface area contributed by atoms with Gasteiger partial charge in [0, 0.05) is 11.8 Å². The topological polar surface area (TPSA) is 34.9 Å². The normalized spacial score (nSPS) is 10.8. The fourth-order valence-corrected chi connectivity index (χ4v) is 2.85. The van der Waals surface area contributed by atoms with E-state index in [9.17, 15) is 4.79 Å². The molecule has 0 aliphatic rings. The Balaban J connectivity index is 2.14. The Labute approximate surface area is 144 Å². The molecule has 2 aromatic carbocycles. The number of aldehydes is 1. The molecule has 0 N–H and O–H groups in total. The van der Waals surface area contributed by atoms with Gasteiger partial charge in [0.25, 0.3) is 0 Å².